The normalized spacial score (nSPS) is 15.8. The fourth-order valence-electron chi connectivity index (χ4n) is 2.26. The maximum Gasteiger partial charge on any atom is 0.244 e. The van der Waals surface area contributed by atoms with Crippen molar-refractivity contribution in [2.24, 2.45) is 0 Å². The first-order chi connectivity index (χ1) is 11.5. The van der Waals surface area contributed by atoms with Crippen LogP contribution in [-0.4, -0.2) is 59.2 Å². The summed E-state index contributed by atoms with van der Waals surface area (Å²) in [5.41, 5.74) is 0. The molecule has 128 valence electrons. The summed E-state index contributed by atoms with van der Waals surface area (Å²) in [6, 6.07) is 8.27. The van der Waals surface area contributed by atoms with Crippen molar-refractivity contribution in [2.45, 2.75) is 16.2 Å². The number of carbonyl (C=O) groups excluding carboxylic acids is 1. The minimum atomic E-state index is -3.56. The summed E-state index contributed by atoms with van der Waals surface area (Å²) < 4.78 is 27.2. The molecule has 0 spiro atoms. The highest BCUT2D eigenvalue weighted by atomic mass is 32.2. The zero-order valence-electron chi connectivity index (χ0n) is 13.0. The van der Waals surface area contributed by atoms with Crippen LogP contribution in [0, 0.1) is 6.92 Å². The Balaban J connectivity index is 1.59. The van der Waals surface area contributed by atoms with Crippen LogP contribution in [0.25, 0.3) is 0 Å². The summed E-state index contributed by atoms with van der Waals surface area (Å²) in [7, 11) is -3.56. The molecule has 24 heavy (non-hydrogen) atoms. The topological polar surface area (TPSA) is 83.5 Å². The summed E-state index contributed by atoms with van der Waals surface area (Å²) in [6.07, 6.45) is 0. The zero-order chi connectivity index (χ0) is 17.2. The van der Waals surface area contributed by atoms with E-state index in [2.05, 4.69) is 10.2 Å². The van der Waals surface area contributed by atoms with E-state index >= 15 is 0 Å². The van der Waals surface area contributed by atoms with Crippen molar-refractivity contribution in [3.63, 3.8) is 0 Å². The predicted molar refractivity (Wildman–Crippen MR) is 92.3 cm³/mol. The smallest absolute Gasteiger partial charge is 0.244 e. The monoisotopic (exact) mass is 384 g/mol. The predicted octanol–water partition coefficient (Wildman–Crippen LogP) is 1.43. The van der Waals surface area contributed by atoms with Crippen LogP contribution >= 0.6 is 23.1 Å². The minimum Gasteiger partial charge on any atom is -0.327 e. The molecule has 2 aromatic rings. The average Bonchev–Trinajstić information content (AvgIpc) is 3.23. The van der Waals surface area contributed by atoms with E-state index in [9.17, 15) is 13.2 Å². The number of hydrogen-bond donors (Lipinski definition) is 0. The molecule has 0 saturated carbocycles. The van der Waals surface area contributed by atoms with E-state index in [0.717, 1.165) is 9.35 Å². The Kier molecular flexibility index (Phi) is 5.18. The zero-order valence-corrected chi connectivity index (χ0v) is 15.4. The van der Waals surface area contributed by atoms with Crippen molar-refractivity contribution in [2.75, 3.05) is 25.5 Å². The summed E-state index contributed by atoms with van der Waals surface area (Å²) in [5.74, 6) is 0.132. The highest BCUT2D eigenvalue weighted by Crippen LogP contribution is 2.23. The molecule has 2 heterocycles. The number of aryl methyl sites for hydroxylation is 1. The van der Waals surface area contributed by atoms with Gasteiger partial charge in [-0.2, -0.15) is 4.31 Å². The standard InChI is InChI=1S/C14H16N4O3S3/c1-11-15-16-14(23-11)22-9-13(19)17-7-8-18(10-17)24(20,21)12-5-3-2-4-6-12/h2-6H,7-10H2,1H3. The van der Waals surface area contributed by atoms with Crippen LogP contribution in [0.4, 0.5) is 0 Å². The van der Waals surface area contributed by atoms with Gasteiger partial charge in [0.05, 0.1) is 17.3 Å². The number of amides is 1. The third-order valence-electron chi connectivity index (χ3n) is 3.51. The lowest BCUT2D eigenvalue weighted by atomic mass is 10.4. The second kappa shape index (κ2) is 7.18. The van der Waals surface area contributed by atoms with E-state index in [1.165, 1.54) is 27.4 Å². The van der Waals surface area contributed by atoms with Crippen LogP contribution in [0.15, 0.2) is 39.6 Å². The third kappa shape index (κ3) is 3.77. The van der Waals surface area contributed by atoms with Crippen LogP contribution in [0.1, 0.15) is 5.01 Å². The molecule has 0 aliphatic carbocycles. The van der Waals surface area contributed by atoms with Gasteiger partial charge in [-0.25, -0.2) is 8.42 Å². The first-order valence-corrected chi connectivity index (χ1v) is 10.5. The van der Waals surface area contributed by atoms with Crippen LogP contribution in [0.3, 0.4) is 0 Å². The van der Waals surface area contributed by atoms with Crippen molar-refractivity contribution in [1.29, 1.82) is 0 Å². The molecular formula is C14H16N4O3S3. The van der Waals surface area contributed by atoms with Gasteiger partial charge in [-0.3, -0.25) is 4.79 Å². The molecule has 0 radical (unpaired) electrons. The van der Waals surface area contributed by atoms with Gasteiger partial charge in [0, 0.05) is 13.1 Å². The van der Waals surface area contributed by atoms with Gasteiger partial charge < -0.3 is 4.90 Å². The molecule has 10 heteroatoms. The highest BCUT2D eigenvalue weighted by Gasteiger charge is 2.33. The first-order valence-electron chi connectivity index (χ1n) is 7.23. The molecule has 1 aliphatic rings. The average molecular weight is 385 g/mol. The fraction of sp³-hybridized carbons (Fsp3) is 0.357. The van der Waals surface area contributed by atoms with E-state index in [-0.39, 0.29) is 23.2 Å². The third-order valence-corrected chi connectivity index (χ3v) is 7.31. The number of benzene rings is 1. The van der Waals surface area contributed by atoms with E-state index in [1.807, 2.05) is 6.92 Å². The van der Waals surface area contributed by atoms with Gasteiger partial charge in [-0.15, -0.1) is 10.2 Å². The lowest BCUT2D eigenvalue weighted by Gasteiger charge is -2.18. The number of rotatable bonds is 5. The maximum atomic E-state index is 12.6. The molecule has 7 nitrogen and oxygen atoms in total. The molecule has 1 fully saturated rings. The van der Waals surface area contributed by atoms with Gasteiger partial charge in [-0.05, 0) is 19.1 Å². The number of aromatic nitrogens is 2. The van der Waals surface area contributed by atoms with Crippen LogP contribution < -0.4 is 0 Å². The van der Waals surface area contributed by atoms with Crippen molar-refractivity contribution in [1.82, 2.24) is 19.4 Å². The molecule has 0 N–H and O–H groups in total. The van der Waals surface area contributed by atoms with Crippen molar-refractivity contribution >= 4 is 39.0 Å². The largest absolute Gasteiger partial charge is 0.327 e. The summed E-state index contributed by atoms with van der Waals surface area (Å²) >= 11 is 2.77. The lowest BCUT2D eigenvalue weighted by Crippen LogP contribution is -2.34. The van der Waals surface area contributed by atoms with Gasteiger partial charge in [0.2, 0.25) is 15.9 Å². The minimum absolute atomic E-state index is 0.0891. The molecule has 3 rings (SSSR count). The molecular weight excluding hydrogens is 368 g/mol. The summed E-state index contributed by atoms with van der Waals surface area (Å²) in [6.45, 7) is 2.66. The quantitative estimate of drug-likeness (QED) is 0.725. The van der Waals surface area contributed by atoms with Crippen LogP contribution in [-0.2, 0) is 14.8 Å². The summed E-state index contributed by atoms with van der Waals surface area (Å²) in [5, 5.41) is 8.72. The SMILES string of the molecule is Cc1nnc(SCC(=O)N2CCN(S(=O)(=O)c3ccccc3)C2)s1. The van der Waals surface area contributed by atoms with Crippen molar-refractivity contribution in [3.05, 3.63) is 35.3 Å². The van der Waals surface area contributed by atoms with Crippen LogP contribution in [0.5, 0.6) is 0 Å². The van der Waals surface area contributed by atoms with Gasteiger partial charge >= 0.3 is 0 Å². The molecule has 1 aromatic heterocycles. The Morgan fingerprint density at radius 3 is 2.67 bits per heavy atom. The highest BCUT2D eigenvalue weighted by molar-refractivity contribution is 8.01. The maximum absolute atomic E-state index is 12.6. The Morgan fingerprint density at radius 1 is 1.25 bits per heavy atom. The number of carbonyl (C=O) groups is 1. The lowest BCUT2D eigenvalue weighted by molar-refractivity contribution is -0.127. The van der Waals surface area contributed by atoms with Gasteiger partial charge in [0.15, 0.2) is 4.34 Å². The Hall–Kier alpha value is -1.49. The Labute approximate surface area is 148 Å². The van der Waals surface area contributed by atoms with Gasteiger partial charge in [0.1, 0.15) is 5.01 Å². The van der Waals surface area contributed by atoms with Gasteiger partial charge in [0.25, 0.3) is 0 Å². The molecule has 1 aliphatic heterocycles. The molecule has 1 amide bonds. The molecule has 0 bridgehead atoms. The fourth-order valence-corrected chi connectivity index (χ4v) is 5.39. The van der Waals surface area contributed by atoms with Gasteiger partial charge in [-0.1, -0.05) is 41.3 Å². The number of sulfonamides is 1. The number of hydrogen-bond acceptors (Lipinski definition) is 7. The number of nitrogens with zero attached hydrogens (tertiary/aromatic N) is 4. The first kappa shape index (κ1) is 17.3. The molecule has 1 aromatic carbocycles. The number of thioether (sulfide) groups is 1. The Bertz CT molecular complexity index is 823. The van der Waals surface area contributed by atoms with Crippen molar-refractivity contribution in [3.8, 4) is 0 Å². The molecule has 1 saturated heterocycles. The van der Waals surface area contributed by atoms with E-state index < -0.39 is 10.0 Å². The van der Waals surface area contributed by atoms with E-state index in [1.54, 1.807) is 35.2 Å². The molecule has 0 atom stereocenters. The Morgan fingerprint density at radius 2 is 2.00 bits per heavy atom. The second-order valence-corrected chi connectivity index (χ2v) is 9.51. The van der Waals surface area contributed by atoms with E-state index in [0.29, 0.717) is 13.1 Å². The molecule has 0 unspecified atom stereocenters. The van der Waals surface area contributed by atoms with Crippen molar-refractivity contribution < 1.29 is 13.2 Å². The van der Waals surface area contributed by atoms with E-state index in [4.69, 9.17) is 0 Å². The second-order valence-electron chi connectivity index (χ2n) is 5.17. The van der Waals surface area contributed by atoms with Crippen LogP contribution in [0.2, 0.25) is 0 Å². The summed E-state index contributed by atoms with van der Waals surface area (Å²) in [4.78, 5) is 14.1.